The molecule has 0 saturated heterocycles. The highest BCUT2D eigenvalue weighted by molar-refractivity contribution is 4.43. The van der Waals surface area contributed by atoms with Crippen LogP contribution in [0.3, 0.4) is 0 Å². The lowest BCUT2D eigenvalue weighted by Crippen LogP contribution is -2.21. The van der Waals surface area contributed by atoms with E-state index in [1.54, 1.807) is 7.11 Å². The fourth-order valence-electron chi connectivity index (χ4n) is 1.79. The van der Waals surface area contributed by atoms with Crippen molar-refractivity contribution in [1.82, 2.24) is 5.32 Å². The van der Waals surface area contributed by atoms with E-state index in [9.17, 15) is 0 Å². The SMILES string of the molecule is CCCNCCOCCOCCOCCOCCOCCOCCOC. The minimum absolute atomic E-state index is 0.557. The summed E-state index contributed by atoms with van der Waals surface area (Å²) in [5, 5.41) is 3.28. The van der Waals surface area contributed by atoms with Crippen molar-refractivity contribution < 1.29 is 33.2 Å². The van der Waals surface area contributed by atoms with Gasteiger partial charge in [-0.25, -0.2) is 0 Å². The molecular weight excluding hydrogens is 342 g/mol. The molecule has 0 fully saturated rings. The maximum atomic E-state index is 5.43. The topological polar surface area (TPSA) is 76.6 Å². The predicted molar refractivity (Wildman–Crippen MR) is 100.0 cm³/mol. The van der Waals surface area contributed by atoms with E-state index >= 15 is 0 Å². The number of hydrogen-bond acceptors (Lipinski definition) is 8. The molecule has 158 valence electrons. The van der Waals surface area contributed by atoms with Crippen molar-refractivity contribution in [3.63, 3.8) is 0 Å². The van der Waals surface area contributed by atoms with E-state index in [0.717, 1.165) is 26.1 Å². The molecule has 0 atom stereocenters. The van der Waals surface area contributed by atoms with Crippen molar-refractivity contribution in [2.24, 2.45) is 0 Å². The first-order valence-electron chi connectivity index (χ1n) is 9.58. The molecule has 0 saturated carbocycles. The molecule has 0 aliphatic rings. The monoisotopic (exact) mass is 381 g/mol. The Bertz CT molecular complexity index is 224. The van der Waals surface area contributed by atoms with Crippen LogP contribution < -0.4 is 5.32 Å². The minimum atomic E-state index is 0.557. The van der Waals surface area contributed by atoms with Gasteiger partial charge in [-0.15, -0.1) is 0 Å². The summed E-state index contributed by atoms with van der Waals surface area (Å²) in [6, 6.07) is 0. The Morgan fingerprint density at radius 3 is 1.15 bits per heavy atom. The molecule has 0 radical (unpaired) electrons. The van der Waals surface area contributed by atoms with E-state index in [0.29, 0.717) is 79.3 Å². The summed E-state index contributed by atoms with van der Waals surface area (Å²) in [7, 11) is 1.65. The zero-order chi connectivity index (χ0) is 19.0. The molecule has 0 aliphatic carbocycles. The van der Waals surface area contributed by atoms with Crippen LogP contribution in [0, 0.1) is 0 Å². The lowest BCUT2D eigenvalue weighted by molar-refractivity contribution is -0.0189. The fourth-order valence-corrected chi connectivity index (χ4v) is 1.79. The Hall–Kier alpha value is -0.320. The van der Waals surface area contributed by atoms with Crippen molar-refractivity contribution in [2.75, 3.05) is 106 Å². The Kier molecular flexibility index (Phi) is 24.4. The standard InChI is InChI=1S/C18H39NO7/c1-3-4-19-5-6-21-9-10-23-13-14-25-17-18-26-16-15-24-12-11-22-8-7-20-2/h19H,3-18H2,1-2H3. The summed E-state index contributed by atoms with van der Waals surface area (Å²) < 4.78 is 37.2. The Morgan fingerprint density at radius 2 is 0.808 bits per heavy atom. The third-order valence-corrected chi connectivity index (χ3v) is 3.14. The number of methoxy groups -OCH3 is 1. The summed E-state index contributed by atoms with van der Waals surface area (Å²) >= 11 is 0. The Labute approximate surface area is 158 Å². The van der Waals surface area contributed by atoms with Crippen LogP contribution in [0.4, 0.5) is 0 Å². The van der Waals surface area contributed by atoms with Crippen molar-refractivity contribution in [2.45, 2.75) is 13.3 Å². The molecule has 0 aliphatic heterocycles. The molecule has 0 aromatic carbocycles. The first-order chi connectivity index (χ1) is 12.9. The van der Waals surface area contributed by atoms with E-state index in [-0.39, 0.29) is 0 Å². The van der Waals surface area contributed by atoms with Gasteiger partial charge in [0.15, 0.2) is 0 Å². The van der Waals surface area contributed by atoms with Gasteiger partial charge < -0.3 is 38.5 Å². The molecule has 0 bridgehead atoms. The molecule has 0 heterocycles. The van der Waals surface area contributed by atoms with Crippen LogP contribution in [-0.4, -0.2) is 106 Å². The van der Waals surface area contributed by atoms with Crippen molar-refractivity contribution >= 4 is 0 Å². The lowest BCUT2D eigenvalue weighted by Gasteiger charge is -2.08. The second-order valence-electron chi connectivity index (χ2n) is 5.42. The Balaban J connectivity index is 2.95. The normalized spacial score (nSPS) is 11.3. The largest absolute Gasteiger partial charge is 0.382 e. The van der Waals surface area contributed by atoms with Crippen LogP contribution in [0.15, 0.2) is 0 Å². The van der Waals surface area contributed by atoms with Crippen LogP contribution in [-0.2, 0) is 33.2 Å². The quantitative estimate of drug-likeness (QED) is 0.260. The zero-order valence-electron chi connectivity index (χ0n) is 16.7. The van der Waals surface area contributed by atoms with E-state index in [1.165, 1.54) is 0 Å². The summed E-state index contributed by atoms with van der Waals surface area (Å²) in [5.41, 5.74) is 0. The number of nitrogens with one attached hydrogen (secondary N) is 1. The number of ether oxygens (including phenoxy) is 7. The van der Waals surface area contributed by atoms with Gasteiger partial charge in [0, 0.05) is 13.7 Å². The summed E-state index contributed by atoms with van der Waals surface area (Å²) in [4.78, 5) is 0. The van der Waals surface area contributed by atoms with Crippen molar-refractivity contribution in [3.05, 3.63) is 0 Å². The van der Waals surface area contributed by atoms with Crippen LogP contribution in [0.5, 0.6) is 0 Å². The molecular formula is C18H39NO7. The Morgan fingerprint density at radius 1 is 0.462 bits per heavy atom. The third-order valence-electron chi connectivity index (χ3n) is 3.14. The van der Waals surface area contributed by atoms with E-state index < -0.39 is 0 Å². The van der Waals surface area contributed by atoms with Gasteiger partial charge in [-0.2, -0.15) is 0 Å². The van der Waals surface area contributed by atoms with Crippen LogP contribution in [0.25, 0.3) is 0 Å². The van der Waals surface area contributed by atoms with Gasteiger partial charge in [0.25, 0.3) is 0 Å². The van der Waals surface area contributed by atoms with Crippen LogP contribution in [0.2, 0.25) is 0 Å². The van der Waals surface area contributed by atoms with Crippen LogP contribution in [0.1, 0.15) is 13.3 Å². The van der Waals surface area contributed by atoms with Gasteiger partial charge in [-0.05, 0) is 13.0 Å². The van der Waals surface area contributed by atoms with Crippen molar-refractivity contribution in [1.29, 1.82) is 0 Å². The lowest BCUT2D eigenvalue weighted by atomic mass is 10.5. The first kappa shape index (κ1) is 25.7. The predicted octanol–water partition coefficient (Wildman–Crippen LogP) is 0.732. The van der Waals surface area contributed by atoms with E-state index in [4.69, 9.17) is 33.2 Å². The maximum Gasteiger partial charge on any atom is 0.0701 e. The highest BCUT2D eigenvalue weighted by Gasteiger charge is 1.94. The van der Waals surface area contributed by atoms with E-state index in [2.05, 4.69) is 12.2 Å². The first-order valence-corrected chi connectivity index (χ1v) is 9.58. The maximum absolute atomic E-state index is 5.43. The highest BCUT2D eigenvalue weighted by atomic mass is 16.6. The molecule has 0 rings (SSSR count). The molecule has 0 aromatic rings. The second-order valence-corrected chi connectivity index (χ2v) is 5.42. The van der Waals surface area contributed by atoms with Gasteiger partial charge in [0.2, 0.25) is 0 Å². The summed E-state index contributed by atoms with van der Waals surface area (Å²) in [6.45, 7) is 11.7. The second kappa shape index (κ2) is 24.7. The van der Waals surface area contributed by atoms with Gasteiger partial charge in [0.1, 0.15) is 0 Å². The average molecular weight is 382 g/mol. The summed E-state index contributed by atoms with van der Waals surface area (Å²) in [5.74, 6) is 0. The number of hydrogen-bond donors (Lipinski definition) is 1. The van der Waals surface area contributed by atoms with Crippen molar-refractivity contribution in [3.8, 4) is 0 Å². The molecule has 1 N–H and O–H groups in total. The smallest absolute Gasteiger partial charge is 0.0701 e. The van der Waals surface area contributed by atoms with Gasteiger partial charge in [-0.3, -0.25) is 0 Å². The van der Waals surface area contributed by atoms with Gasteiger partial charge in [0.05, 0.1) is 85.9 Å². The van der Waals surface area contributed by atoms with E-state index in [1.807, 2.05) is 0 Å². The van der Waals surface area contributed by atoms with Crippen LogP contribution >= 0.6 is 0 Å². The molecule has 0 aromatic heterocycles. The molecule has 0 amide bonds. The summed E-state index contributed by atoms with van der Waals surface area (Å²) in [6.07, 6.45) is 1.15. The molecule has 8 nitrogen and oxygen atoms in total. The minimum Gasteiger partial charge on any atom is -0.382 e. The third kappa shape index (κ3) is 23.7. The van der Waals surface area contributed by atoms with Gasteiger partial charge >= 0.3 is 0 Å². The molecule has 0 spiro atoms. The molecule has 8 heteroatoms. The zero-order valence-corrected chi connectivity index (χ0v) is 16.7. The molecule has 26 heavy (non-hydrogen) atoms. The van der Waals surface area contributed by atoms with Gasteiger partial charge in [-0.1, -0.05) is 6.92 Å². The number of rotatable bonds is 23. The fraction of sp³-hybridized carbons (Fsp3) is 1.00. The molecule has 0 unspecified atom stereocenters. The highest BCUT2D eigenvalue weighted by Crippen LogP contribution is 1.84. The average Bonchev–Trinajstić information content (AvgIpc) is 2.66.